The number of carbonyl (C=O) groups is 1. The van der Waals surface area contributed by atoms with E-state index < -0.39 is 11.2 Å². The highest BCUT2D eigenvalue weighted by molar-refractivity contribution is 5.77. The summed E-state index contributed by atoms with van der Waals surface area (Å²) in [5, 5.41) is 23.9. The van der Waals surface area contributed by atoms with Crippen molar-refractivity contribution in [2.45, 2.75) is 56.1 Å². The lowest BCUT2D eigenvalue weighted by Crippen LogP contribution is -2.47. The Kier molecular flexibility index (Phi) is 5.01. The molecular formula is C17H26N4O3. The molecule has 132 valence electrons. The topological polar surface area (TPSA) is 98.6 Å². The number of anilines is 1. The molecule has 0 radical (unpaired) electrons. The number of hydrogen-bond acceptors (Lipinski definition) is 6. The first kappa shape index (κ1) is 17.1. The molecule has 1 aromatic heterocycles. The van der Waals surface area contributed by atoms with E-state index in [1.807, 2.05) is 4.90 Å². The zero-order valence-corrected chi connectivity index (χ0v) is 13.9. The molecule has 1 saturated carbocycles. The van der Waals surface area contributed by atoms with Crippen molar-refractivity contribution in [3.8, 4) is 0 Å². The molecule has 3 rings (SSSR count). The van der Waals surface area contributed by atoms with Crippen LogP contribution in [0, 0.1) is 0 Å². The molecule has 2 heterocycles. The Balaban J connectivity index is 1.48. The molecule has 1 aliphatic carbocycles. The standard InChI is InChI=1S/C17H26N4O3/c22-15(10-16(23)4-2-1-3-5-16)20-12-17(24)6-9-21(13-17)14-11-18-7-8-19-14/h7-8,11,23-24H,1-6,9-10,12-13H2,(H,20,22)/t17-/m0/s1. The van der Waals surface area contributed by atoms with Crippen LogP contribution in [0.3, 0.4) is 0 Å². The minimum Gasteiger partial charge on any atom is -0.389 e. The Morgan fingerprint density at radius 3 is 2.67 bits per heavy atom. The smallest absolute Gasteiger partial charge is 0.222 e. The fraction of sp³-hybridized carbons (Fsp3) is 0.706. The van der Waals surface area contributed by atoms with Gasteiger partial charge in [-0.3, -0.25) is 9.78 Å². The molecule has 1 saturated heterocycles. The Morgan fingerprint density at radius 1 is 1.17 bits per heavy atom. The van der Waals surface area contributed by atoms with Crippen LogP contribution in [-0.2, 0) is 4.79 Å². The molecule has 7 heteroatoms. The zero-order chi connectivity index (χ0) is 17.0. The highest BCUT2D eigenvalue weighted by atomic mass is 16.3. The summed E-state index contributed by atoms with van der Waals surface area (Å²) < 4.78 is 0. The van der Waals surface area contributed by atoms with E-state index in [4.69, 9.17) is 0 Å². The van der Waals surface area contributed by atoms with Gasteiger partial charge >= 0.3 is 0 Å². The van der Waals surface area contributed by atoms with Crippen molar-refractivity contribution < 1.29 is 15.0 Å². The first-order valence-corrected chi connectivity index (χ1v) is 8.71. The first-order valence-electron chi connectivity index (χ1n) is 8.71. The van der Waals surface area contributed by atoms with Gasteiger partial charge in [-0.2, -0.15) is 0 Å². The van der Waals surface area contributed by atoms with E-state index in [0.29, 0.717) is 32.4 Å². The van der Waals surface area contributed by atoms with E-state index in [1.54, 1.807) is 18.6 Å². The number of nitrogens with zero attached hydrogens (tertiary/aromatic N) is 3. The maximum Gasteiger partial charge on any atom is 0.222 e. The molecule has 1 amide bonds. The molecule has 0 unspecified atom stereocenters. The van der Waals surface area contributed by atoms with Gasteiger partial charge in [0.1, 0.15) is 11.4 Å². The van der Waals surface area contributed by atoms with Crippen LogP contribution in [0.1, 0.15) is 44.9 Å². The minimum atomic E-state index is -0.970. The lowest BCUT2D eigenvalue weighted by Gasteiger charge is -2.32. The van der Waals surface area contributed by atoms with E-state index in [-0.39, 0.29) is 18.9 Å². The summed E-state index contributed by atoms with van der Waals surface area (Å²) in [7, 11) is 0. The van der Waals surface area contributed by atoms with Crippen LogP contribution in [0.2, 0.25) is 0 Å². The summed E-state index contributed by atoms with van der Waals surface area (Å²) in [6, 6.07) is 0. The number of nitrogens with one attached hydrogen (secondary N) is 1. The maximum atomic E-state index is 12.1. The fourth-order valence-electron chi connectivity index (χ4n) is 3.66. The highest BCUT2D eigenvalue weighted by Gasteiger charge is 2.38. The molecule has 3 N–H and O–H groups in total. The summed E-state index contributed by atoms with van der Waals surface area (Å²) in [5.41, 5.74) is -1.84. The van der Waals surface area contributed by atoms with Gasteiger partial charge in [0.05, 0.1) is 18.2 Å². The molecule has 0 bridgehead atoms. The van der Waals surface area contributed by atoms with Crippen LogP contribution in [0.25, 0.3) is 0 Å². The molecule has 7 nitrogen and oxygen atoms in total. The number of aliphatic hydroxyl groups is 2. The predicted octanol–water partition coefficient (Wildman–Crippen LogP) is 0.619. The van der Waals surface area contributed by atoms with Gasteiger partial charge in [0.15, 0.2) is 0 Å². The van der Waals surface area contributed by atoms with Crippen molar-refractivity contribution in [2.24, 2.45) is 0 Å². The van der Waals surface area contributed by atoms with Gasteiger partial charge in [-0.15, -0.1) is 0 Å². The number of rotatable bonds is 5. The van der Waals surface area contributed by atoms with Gasteiger partial charge in [0.25, 0.3) is 0 Å². The molecular weight excluding hydrogens is 308 g/mol. The van der Waals surface area contributed by atoms with Gasteiger partial charge in [-0.05, 0) is 19.3 Å². The van der Waals surface area contributed by atoms with Crippen molar-refractivity contribution in [2.75, 3.05) is 24.5 Å². The number of β-amino-alcohol motifs (C(OH)–C–C–N with tert-alkyl or cyclic N) is 1. The van der Waals surface area contributed by atoms with Crippen LogP contribution >= 0.6 is 0 Å². The van der Waals surface area contributed by atoms with Crippen LogP contribution in [0.4, 0.5) is 5.82 Å². The van der Waals surface area contributed by atoms with Crippen molar-refractivity contribution in [3.05, 3.63) is 18.6 Å². The van der Waals surface area contributed by atoms with E-state index in [2.05, 4.69) is 15.3 Å². The monoisotopic (exact) mass is 334 g/mol. The second-order valence-corrected chi connectivity index (χ2v) is 7.20. The first-order chi connectivity index (χ1) is 11.5. The summed E-state index contributed by atoms with van der Waals surface area (Å²) in [5.74, 6) is 0.544. The average Bonchev–Trinajstić information content (AvgIpc) is 2.97. The Morgan fingerprint density at radius 2 is 1.96 bits per heavy atom. The molecule has 1 aromatic rings. The van der Waals surface area contributed by atoms with Gasteiger partial charge in [0, 0.05) is 32.0 Å². The lowest BCUT2D eigenvalue weighted by molar-refractivity contribution is -0.128. The summed E-state index contributed by atoms with van der Waals surface area (Å²) >= 11 is 0. The second kappa shape index (κ2) is 7.03. The van der Waals surface area contributed by atoms with Crippen LogP contribution < -0.4 is 10.2 Å². The van der Waals surface area contributed by atoms with Crippen LogP contribution in [0.15, 0.2) is 18.6 Å². The van der Waals surface area contributed by atoms with E-state index >= 15 is 0 Å². The van der Waals surface area contributed by atoms with Gasteiger partial charge in [-0.25, -0.2) is 4.98 Å². The summed E-state index contributed by atoms with van der Waals surface area (Å²) in [6.07, 6.45) is 10.0. The van der Waals surface area contributed by atoms with E-state index in [0.717, 1.165) is 25.1 Å². The SMILES string of the molecule is O=C(CC1(O)CCCCC1)NC[C@@]1(O)CCN(c2cnccn2)C1. The summed E-state index contributed by atoms with van der Waals surface area (Å²) in [4.78, 5) is 22.4. The Hall–Kier alpha value is -1.73. The van der Waals surface area contributed by atoms with Crippen molar-refractivity contribution in [3.63, 3.8) is 0 Å². The lowest BCUT2D eigenvalue weighted by atomic mass is 9.82. The molecule has 0 aromatic carbocycles. The maximum absolute atomic E-state index is 12.1. The normalized spacial score (nSPS) is 26.3. The predicted molar refractivity (Wildman–Crippen MR) is 89.5 cm³/mol. The number of amides is 1. The van der Waals surface area contributed by atoms with Crippen molar-refractivity contribution in [1.29, 1.82) is 0 Å². The number of hydrogen-bond donors (Lipinski definition) is 3. The van der Waals surface area contributed by atoms with Gasteiger partial charge in [0.2, 0.25) is 5.91 Å². The number of aromatic nitrogens is 2. The van der Waals surface area contributed by atoms with E-state index in [1.165, 1.54) is 0 Å². The second-order valence-electron chi connectivity index (χ2n) is 7.20. The Labute approximate surface area is 142 Å². The molecule has 24 heavy (non-hydrogen) atoms. The quantitative estimate of drug-likeness (QED) is 0.730. The largest absolute Gasteiger partial charge is 0.389 e. The Bertz CT molecular complexity index is 562. The molecule has 2 aliphatic rings. The van der Waals surface area contributed by atoms with Gasteiger partial charge in [-0.1, -0.05) is 19.3 Å². The summed E-state index contributed by atoms with van der Waals surface area (Å²) in [6.45, 7) is 1.28. The van der Waals surface area contributed by atoms with Crippen molar-refractivity contribution >= 4 is 11.7 Å². The third-order valence-corrected chi connectivity index (χ3v) is 5.09. The zero-order valence-electron chi connectivity index (χ0n) is 13.9. The van der Waals surface area contributed by atoms with Crippen LogP contribution in [-0.4, -0.2) is 56.9 Å². The number of carbonyl (C=O) groups excluding carboxylic acids is 1. The molecule has 0 spiro atoms. The highest BCUT2D eigenvalue weighted by Crippen LogP contribution is 2.31. The average molecular weight is 334 g/mol. The minimum absolute atomic E-state index is 0.122. The van der Waals surface area contributed by atoms with Gasteiger partial charge < -0.3 is 20.4 Å². The van der Waals surface area contributed by atoms with E-state index in [9.17, 15) is 15.0 Å². The third-order valence-electron chi connectivity index (χ3n) is 5.09. The fourth-order valence-corrected chi connectivity index (χ4v) is 3.66. The van der Waals surface area contributed by atoms with Crippen molar-refractivity contribution in [1.82, 2.24) is 15.3 Å². The molecule has 1 atom stereocenters. The van der Waals surface area contributed by atoms with Crippen LogP contribution in [0.5, 0.6) is 0 Å². The molecule has 2 fully saturated rings. The third kappa shape index (κ3) is 4.21. The molecule has 1 aliphatic heterocycles.